The third kappa shape index (κ3) is 3.58. The van der Waals surface area contributed by atoms with Gasteiger partial charge in [0.15, 0.2) is 0 Å². The average Bonchev–Trinajstić information content (AvgIpc) is 2.56. The average molecular weight is 323 g/mol. The minimum Gasteiger partial charge on any atom is -0.287 e. The van der Waals surface area contributed by atoms with E-state index in [0.717, 1.165) is 16.9 Å². The lowest BCUT2D eigenvalue weighted by molar-refractivity contribution is 0.793. The lowest BCUT2D eigenvalue weighted by Gasteiger charge is -2.10. The highest BCUT2D eigenvalue weighted by Crippen LogP contribution is 2.14. The van der Waals surface area contributed by atoms with Crippen molar-refractivity contribution in [3.8, 4) is 5.69 Å². The molecule has 0 N–H and O–H groups in total. The molecule has 1 aromatic heterocycles. The van der Waals surface area contributed by atoms with E-state index in [4.69, 9.17) is 11.6 Å². The minimum absolute atomic E-state index is 0.0973. The third-order valence-corrected chi connectivity index (χ3v) is 3.69. The minimum atomic E-state index is -0.0973. The molecule has 0 saturated carbocycles. The van der Waals surface area contributed by atoms with Crippen LogP contribution in [0.3, 0.4) is 0 Å². The van der Waals surface area contributed by atoms with Crippen LogP contribution in [0, 0.1) is 6.92 Å². The van der Waals surface area contributed by atoms with Gasteiger partial charge in [-0.2, -0.15) is 5.10 Å². The zero-order chi connectivity index (χ0) is 16.2. The fraction of sp³-hybridized carbons (Fsp3) is 0.0526. The van der Waals surface area contributed by atoms with Crippen LogP contribution in [0.2, 0.25) is 5.02 Å². The van der Waals surface area contributed by atoms with Crippen LogP contribution in [0.15, 0.2) is 65.5 Å². The van der Waals surface area contributed by atoms with Gasteiger partial charge >= 0.3 is 0 Å². The van der Waals surface area contributed by atoms with E-state index in [2.05, 4.69) is 5.10 Å². The summed E-state index contributed by atoms with van der Waals surface area (Å²) in [5, 5.41) is 5.12. The highest BCUT2D eigenvalue weighted by Gasteiger charge is 2.05. The number of benzene rings is 2. The summed E-state index contributed by atoms with van der Waals surface area (Å²) in [5.41, 5.74) is 2.96. The van der Waals surface area contributed by atoms with Gasteiger partial charge in [-0.05, 0) is 42.8 Å². The lowest BCUT2D eigenvalue weighted by atomic mass is 10.2. The van der Waals surface area contributed by atoms with Crippen LogP contribution in [-0.2, 0) is 0 Å². The second kappa shape index (κ2) is 6.63. The van der Waals surface area contributed by atoms with Crippen LogP contribution >= 0.6 is 11.6 Å². The molecule has 0 saturated heterocycles. The van der Waals surface area contributed by atoms with Crippen LogP contribution in [0.4, 0.5) is 0 Å². The Balaban J connectivity index is 2.02. The SMILES string of the molecule is Cc1cc(=O)c(/C=C/c2ccccc2)nn1-c1ccc(Cl)cc1. The van der Waals surface area contributed by atoms with E-state index in [0.29, 0.717) is 10.7 Å². The number of rotatable bonds is 3. The van der Waals surface area contributed by atoms with E-state index in [1.54, 1.807) is 29.0 Å². The predicted octanol–water partition coefficient (Wildman–Crippen LogP) is 4.36. The molecule has 0 unspecified atom stereocenters. The monoisotopic (exact) mass is 322 g/mol. The van der Waals surface area contributed by atoms with Crippen molar-refractivity contribution in [2.24, 2.45) is 0 Å². The van der Waals surface area contributed by atoms with Gasteiger partial charge in [0.2, 0.25) is 5.43 Å². The summed E-state index contributed by atoms with van der Waals surface area (Å²) in [4.78, 5) is 12.2. The number of aryl methyl sites for hydroxylation is 1. The second-order valence-corrected chi connectivity index (χ2v) is 5.60. The van der Waals surface area contributed by atoms with E-state index in [1.165, 1.54) is 0 Å². The van der Waals surface area contributed by atoms with Crippen LogP contribution < -0.4 is 5.43 Å². The van der Waals surface area contributed by atoms with E-state index in [-0.39, 0.29) is 5.43 Å². The maximum Gasteiger partial charge on any atom is 0.207 e. The fourth-order valence-electron chi connectivity index (χ4n) is 2.26. The summed E-state index contributed by atoms with van der Waals surface area (Å²) in [6.45, 7) is 1.85. The zero-order valence-electron chi connectivity index (χ0n) is 12.6. The van der Waals surface area contributed by atoms with Crippen molar-refractivity contribution in [1.82, 2.24) is 9.78 Å². The molecule has 3 aromatic rings. The summed E-state index contributed by atoms with van der Waals surface area (Å²) < 4.78 is 1.74. The Morgan fingerprint density at radius 1 is 1.00 bits per heavy atom. The second-order valence-electron chi connectivity index (χ2n) is 5.17. The molecule has 0 aliphatic carbocycles. The van der Waals surface area contributed by atoms with Crippen molar-refractivity contribution in [1.29, 1.82) is 0 Å². The Labute approximate surface area is 139 Å². The van der Waals surface area contributed by atoms with Gasteiger partial charge in [0.05, 0.1) is 5.69 Å². The predicted molar refractivity (Wildman–Crippen MR) is 95.0 cm³/mol. The van der Waals surface area contributed by atoms with Gasteiger partial charge in [-0.15, -0.1) is 0 Å². The van der Waals surface area contributed by atoms with Gasteiger partial charge in [0, 0.05) is 16.8 Å². The summed E-state index contributed by atoms with van der Waals surface area (Å²) in [7, 11) is 0. The normalized spacial score (nSPS) is 11.0. The molecule has 0 aliphatic heterocycles. The first-order valence-corrected chi connectivity index (χ1v) is 7.61. The Morgan fingerprint density at radius 2 is 1.70 bits per heavy atom. The van der Waals surface area contributed by atoms with Gasteiger partial charge in [-0.3, -0.25) is 4.79 Å². The van der Waals surface area contributed by atoms with Crippen LogP contribution in [0.5, 0.6) is 0 Å². The Morgan fingerprint density at radius 3 is 2.39 bits per heavy atom. The maximum atomic E-state index is 12.2. The molecule has 3 rings (SSSR count). The van der Waals surface area contributed by atoms with Crippen LogP contribution in [-0.4, -0.2) is 9.78 Å². The Kier molecular flexibility index (Phi) is 4.40. The standard InChI is InChI=1S/C19H15ClN2O/c1-14-13-19(23)18(12-7-15-5-3-2-4-6-15)21-22(14)17-10-8-16(20)9-11-17/h2-13H,1H3/b12-7+. The van der Waals surface area contributed by atoms with E-state index >= 15 is 0 Å². The topological polar surface area (TPSA) is 34.9 Å². The molecule has 0 atom stereocenters. The van der Waals surface area contributed by atoms with Crippen molar-refractivity contribution >= 4 is 23.8 Å². The van der Waals surface area contributed by atoms with Crippen molar-refractivity contribution in [2.75, 3.05) is 0 Å². The molecule has 0 amide bonds. The first-order chi connectivity index (χ1) is 11.1. The number of hydrogen-bond acceptors (Lipinski definition) is 2. The van der Waals surface area contributed by atoms with Gasteiger partial charge in [0.25, 0.3) is 0 Å². The number of aromatic nitrogens is 2. The lowest BCUT2D eigenvalue weighted by Crippen LogP contribution is -2.16. The van der Waals surface area contributed by atoms with Crippen LogP contribution in [0.25, 0.3) is 17.8 Å². The summed E-state index contributed by atoms with van der Waals surface area (Å²) in [6.07, 6.45) is 3.62. The molecule has 4 heteroatoms. The van der Waals surface area contributed by atoms with Gasteiger partial charge < -0.3 is 0 Å². The molecule has 114 valence electrons. The molecule has 0 radical (unpaired) electrons. The Bertz CT molecular complexity index is 897. The van der Waals surface area contributed by atoms with Crippen molar-refractivity contribution in [3.05, 3.63) is 92.9 Å². The third-order valence-electron chi connectivity index (χ3n) is 3.44. The molecule has 3 nitrogen and oxygen atoms in total. The fourth-order valence-corrected chi connectivity index (χ4v) is 2.39. The van der Waals surface area contributed by atoms with Crippen molar-refractivity contribution in [2.45, 2.75) is 6.92 Å². The van der Waals surface area contributed by atoms with E-state index in [9.17, 15) is 4.79 Å². The molecule has 0 aliphatic rings. The molecule has 2 aromatic carbocycles. The highest BCUT2D eigenvalue weighted by atomic mass is 35.5. The quantitative estimate of drug-likeness (QED) is 0.718. The van der Waals surface area contributed by atoms with Crippen molar-refractivity contribution in [3.63, 3.8) is 0 Å². The highest BCUT2D eigenvalue weighted by molar-refractivity contribution is 6.30. The van der Waals surface area contributed by atoms with Gasteiger partial charge in [-0.25, -0.2) is 4.68 Å². The van der Waals surface area contributed by atoms with E-state index in [1.807, 2.05) is 55.5 Å². The molecule has 1 heterocycles. The van der Waals surface area contributed by atoms with Gasteiger partial charge in [0.1, 0.15) is 5.69 Å². The smallest absolute Gasteiger partial charge is 0.207 e. The van der Waals surface area contributed by atoms with Crippen LogP contribution in [0.1, 0.15) is 17.0 Å². The van der Waals surface area contributed by atoms with Gasteiger partial charge in [-0.1, -0.05) is 48.0 Å². The number of halogens is 1. The molecule has 0 spiro atoms. The summed E-state index contributed by atoms with van der Waals surface area (Å²) in [5.74, 6) is 0. The Hall–Kier alpha value is -2.65. The first kappa shape index (κ1) is 15.3. The summed E-state index contributed by atoms with van der Waals surface area (Å²) >= 11 is 5.92. The van der Waals surface area contributed by atoms with Crippen molar-refractivity contribution < 1.29 is 0 Å². The first-order valence-electron chi connectivity index (χ1n) is 7.23. The summed E-state index contributed by atoms with van der Waals surface area (Å²) in [6, 6.07) is 18.7. The van der Waals surface area contributed by atoms with E-state index < -0.39 is 0 Å². The maximum absolute atomic E-state index is 12.2. The molecular formula is C19H15ClN2O. The zero-order valence-corrected chi connectivity index (χ0v) is 13.4. The molecule has 0 fully saturated rings. The molecule has 0 bridgehead atoms. The largest absolute Gasteiger partial charge is 0.287 e. The molecular weight excluding hydrogens is 308 g/mol. The number of hydrogen-bond donors (Lipinski definition) is 0. The molecule has 23 heavy (non-hydrogen) atoms. The number of nitrogens with zero attached hydrogens (tertiary/aromatic N) is 2.